The standard InChI is InChI=1S/C34H23N2O2P/c37-39(27-9-3-1-4-10-27,28-11-5-2-6-12-28)29-18-15-24(16-19-29)31-21-22-32(38-31)30-20-17-26-14-13-25-8-7-23-35-33(25)34(26)36-30/h1-23H. The molecule has 0 fully saturated rings. The van der Waals surface area contributed by atoms with Crippen LogP contribution in [0.2, 0.25) is 0 Å². The molecule has 0 atom stereocenters. The average Bonchev–Trinajstić information content (AvgIpc) is 3.52. The number of furan rings is 1. The molecule has 4 nitrogen and oxygen atoms in total. The first kappa shape index (κ1) is 23.3. The number of nitrogens with zero attached hydrogens (tertiary/aromatic N) is 2. The van der Waals surface area contributed by atoms with Crippen LogP contribution in [0.1, 0.15) is 0 Å². The Hall–Kier alpha value is -4.79. The van der Waals surface area contributed by atoms with E-state index >= 15 is 0 Å². The Balaban J connectivity index is 1.25. The quantitative estimate of drug-likeness (QED) is 0.175. The molecule has 0 unspecified atom stereocenters. The summed E-state index contributed by atoms with van der Waals surface area (Å²) in [5.74, 6) is 1.41. The molecule has 5 heteroatoms. The summed E-state index contributed by atoms with van der Waals surface area (Å²) in [5, 5.41) is 4.50. The molecule has 0 aliphatic heterocycles. The molecule has 0 spiro atoms. The van der Waals surface area contributed by atoms with Crippen molar-refractivity contribution in [3.63, 3.8) is 0 Å². The van der Waals surface area contributed by atoms with Crippen molar-refractivity contribution in [2.45, 2.75) is 0 Å². The molecule has 0 aliphatic carbocycles. The van der Waals surface area contributed by atoms with Crippen molar-refractivity contribution in [3.05, 3.63) is 140 Å². The summed E-state index contributed by atoms with van der Waals surface area (Å²) in [7, 11) is -3.02. The minimum Gasteiger partial charge on any atom is -0.454 e. The maximum absolute atomic E-state index is 14.6. The van der Waals surface area contributed by atoms with Crippen molar-refractivity contribution in [1.29, 1.82) is 0 Å². The summed E-state index contributed by atoms with van der Waals surface area (Å²) in [6.07, 6.45) is 1.79. The third-order valence-electron chi connectivity index (χ3n) is 7.05. The van der Waals surface area contributed by atoms with Gasteiger partial charge in [-0.15, -0.1) is 0 Å². The van der Waals surface area contributed by atoms with Crippen LogP contribution in [0.3, 0.4) is 0 Å². The van der Waals surface area contributed by atoms with Crippen molar-refractivity contribution in [2.24, 2.45) is 0 Å². The van der Waals surface area contributed by atoms with Crippen LogP contribution >= 0.6 is 7.14 Å². The summed E-state index contributed by atoms with van der Waals surface area (Å²) < 4.78 is 20.9. The van der Waals surface area contributed by atoms with Crippen molar-refractivity contribution >= 4 is 44.9 Å². The molecular formula is C34H23N2O2P. The molecule has 186 valence electrons. The predicted molar refractivity (Wildman–Crippen MR) is 160 cm³/mol. The monoisotopic (exact) mass is 522 g/mol. The number of fused-ring (bicyclic) bond motifs is 3. The summed E-state index contributed by atoms with van der Waals surface area (Å²) in [6, 6.07) is 43.2. The van der Waals surface area contributed by atoms with Crippen molar-refractivity contribution in [1.82, 2.24) is 9.97 Å². The van der Waals surface area contributed by atoms with Gasteiger partial charge in [-0.2, -0.15) is 0 Å². The van der Waals surface area contributed by atoms with Crippen LogP contribution in [0.4, 0.5) is 0 Å². The van der Waals surface area contributed by atoms with E-state index in [1.54, 1.807) is 6.20 Å². The van der Waals surface area contributed by atoms with Gasteiger partial charge < -0.3 is 8.98 Å². The zero-order valence-electron chi connectivity index (χ0n) is 20.9. The average molecular weight is 523 g/mol. The first-order chi connectivity index (χ1) is 19.2. The number of rotatable bonds is 5. The van der Waals surface area contributed by atoms with Gasteiger partial charge >= 0.3 is 0 Å². The van der Waals surface area contributed by atoms with Crippen LogP contribution in [-0.4, -0.2) is 9.97 Å². The number of benzene rings is 4. The van der Waals surface area contributed by atoms with Crippen molar-refractivity contribution < 1.29 is 8.98 Å². The second-order valence-electron chi connectivity index (χ2n) is 9.40. The van der Waals surface area contributed by atoms with E-state index in [4.69, 9.17) is 9.40 Å². The first-order valence-electron chi connectivity index (χ1n) is 12.8. The van der Waals surface area contributed by atoms with Gasteiger partial charge in [0.05, 0.1) is 11.0 Å². The smallest absolute Gasteiger partial charge is 0.171 e. The molecule has 4 aromatic carbocycles. The Morgan fingerprint density at radius 2 is 1.10 bits per heavy atom. The van der Waals surface area contributed by atoms with Gasteiger partial charge in [-0.25, -0.2) is 4.98 Å². The van der Waals surface area contributed by atoms with Gasteiger partial charge in [0.25, 0.3) is 0 Å². The maximum atomic E-state index is 14.6. The predicted octanol–water partition coefficient (Wildman–Crippen LogP) is 7.35. The third-order valence-corrected chi connectivity index (χ3v) is 10.1. The molecule has 0 radical (unpaired) electrons. The molecule has 0 saturated heterocycles. The van der Waals surface area contributed by atoms with E-state index in [1.807, 2.05) is 121 Å². The first-order valence-corrected chi connectivity index (χ1v) is 14.5. The highest BCUT2D eigenvalue weighted by Gasteiger charge is 2.29. The van der Waals surface area contributed by atoms with E-state index in [9.17, 15) is 4.57 Å². The zero-order valence-corrected chi connectivity index (χ0v) is 21.8. The molecule has 7 aromatic rings. The van der Waals surface area contributed by atoms with Gasteiger partial charge in [0.1, 0.15) is 11.5 Å². The molecule has 0 amide bonds. The summed E-state index contributed by atoms with van der Waals surface area (Å²) in [4.78, 5) is 9.45. The lowest BCUT2D eigenvalue weighted by molar-refractivity contribution is 0.592. The van der Waals surface area contributed by atoms with Gasteiger partial charge in [-0.3, -0.25) is 4.98 Å². The minimum absolute atomic E-state index is 0.683. The Bertz CT molecular complexity index is 1940. The second kappa shape index (κ2) is 9.50. The van der Waals surface area contributed by atoms with Crippen molar-refractivity contribution in [2.75, 3.05) is 0 Å². The fourth-order valence-corrected chi connectivity index (χ4v) is 7.70. The summed E-state index contributed by atoms with van der Waals surface area (Å²) in [6.45, 7) is 0. The highest BCUT2D eigenvalue weighted by Crippen LogP contribution is 2.42. The topological polar surface area (TPSA) is 56.0 Å². The van der Waals surface area contributed by atoms with E-state index in [0.29, 0.717) is 5.76 Å². The molecule has 39 heavy (non-hydrogen) atoms. The van der Waals surface area contributed by atoms with Crippen LogP contribution in [0.15, 0.2) is 144 Å². The SMILES string of the molecule is O=P(c1ccccc1)(c1ccccc1)c1ccc(-c2ccc(-c3ccc4ccc5cccnc5c4n3)o2)cc1. The normalized spacial score (nSPS) is 11.7. The maximum Gasteiger partial charge on any atom is 0.171 e. The number of pyridine rings is 2. The Kier molecular flexibility index (Phi) is 5.69. The van der Waals surface area contributed by atoms with Gasteiger partial charge in [0, 0.05) is 38.4 Å². The molecule has 0 N–H and O–H groups in total. The van der Waals surface area contributed by atoms with Crippen LogP contribution in [0, 0.1) is 0 Å². The second-order valence-corrected chi connectivity index (χ2v) is 12.2. The highest BCUT2D eigenvalue weighted by molar-refractivity contribution is 7.85. The van der Waals surface area contributed by atoms with Crippen LogP contribution < -0.4 is 15.9 Å². The molecule has 0 saturated carbocycles. The minimum atomic E-state index is -3.02. The highest BCUT2D eigenvalue weighted by atomic mass is 31.2. The summed E-state index contributed by atoms with van der Waals surface area (Å²) in [5.41, 5.74) is 3.39. The van der Waals surface area contributed by atoms with Gasteiger partial charge in [0.15, 0.2) is 12.9 Å². The lowest BCUT2D eigenvalue weighted by Gasteiger charge is -2.20. The van der Waals surface area contributed by atoms with Gasteiger partial charge in [-0.05, 0) is 24.3 Å². The van der Waals surface area contributed by atoms with Gasteiger partial charge in [0.2, 0.25) is 0 Å². The number of hydrogen-bond donors (Lipinski definition) is 0. The molecule has 7 rings (SSSR count). The fraction of sp³-hybridized carbons (Fsp3) is 0. The van der Waals surface area contributed by atoms with Crippen LogP contribution in [0.5, 0.6) is 0 Å². The lowest BCUT2D eigenvalue weighted by Crippen LogP contribution is -2.24. The van der Waals surface area contributed by atoms with Crippen LogP contribution in [-0.2, 0) is 4.57 Å². The van der Waals surface area contributed by atoms with E-state index in [2.05, 4.69) is 17.1 Å². The van der Waals surface area contributed by atoms with E-state index in [1.165, 1.54) is 0 Å². The molecule has 0 aliphatic rings. The summed E-state index contributed by atoms with van der Waals surface area (Å²) >= 11 is 0. The largest absolute Gasteiger partial charge is 0.454 e. The third kappa shape index (κ3) is 4.06. The molecule has 3 aromatic heterocycles. The number of aromatic nitrogens is 2. The molecule has 0 bridgehead atoms. The van der Waals surface area contributed by atoms with E-state index in [-0.39, 0.29) is 0 Å². The number of hydrogen-bond acceptors (Lipinski definition) is 4. The van der Waals surface area contributed by atoms with E-state index in [0.717, 1.165) is 54.7 Å². The molecular weight excluding hydrogens is 499 g/mol. The molecule has 3 heterocycles. The fourth-order valence-electron chi connectivity index (χ4n) is 5.05. The Morgan fingerprint density at radius 3 is 1.79 bits per heavy atom. The van der Waals surface area contributed by atoms with Crippen molar-refractivity contribution in [3.8, 4) is 22.8 Å². The Labute approximate surface area is 226 Å². The zero-order chi connectivity index (χ0) is 26.2. The Morgan fingerprint density at radius 1 is 0.513 bits per heavy atom. The van der Waals surface area contributed by atoms with Gasteiger partial charge in [-0.1, -0.05) is 109 Å². The lowest BCUT2D eigenvalue weighted by atomic mass is 10.1. The van der Waals surface area contributed by atoms with E-state index < -0.39 is 7.14 Å². The van der Waals surface area contributed by atoms with Crippen LogP contribution in [0.25, 0.3) is 44.6 Å².